The molecule has 0 saturated carbocycles. The predicted octanol–water partition coefficient (Wildman–Crippen LogP) is 6.29. The van der Waals surface area contributed by atoms with Gasteiger partial charge in [-0.1, -0.05) is 115 Å². The van der Waals surface area contributed by atoms with Crippen molar-refractivity contribution in [2.75, 3.05) is 33.5 Å². The molecule has 1 fully saturated rings. The van der Waals surface area contributed by atoms with Gasteiger partial charge in [0.05, 0.1) is 36.5 Å². The molecule has 288 valence electrons. The molecule has 0 aliphatic carbocycles. The maximum atomic E-state index is 12.8. The van der Waals surface area contributed by atoms with Gasteiger partial charge in [0.15, 0.2) is 5.82 Å². The fraction of sp³-hybridized carbons (Fsp3) is 0.421. The summed E-state index contributed by atoms with van der Waals surface area (Å²) in [4.78, 5) is 26.6. The molecule has 1 unspecified atom stereocenters. The molecule has 1 amide bonds. The molecule has 5 rings (SSSR count). The van der Waals surface area contributed by atoms with Crippen LogP contribution in [0.3, 0.4) is 0 Å². The number of aromatic nitrogens is 3. The molecule has 16 heteroatoms. The van der Waals surface area contributed by atoms with Crippen LogP contribution in [0.25, 0.3) is 11.0 Å². The van der Waals surface area contributed by atoms with Gasteiger partial charge in [-0.05, 0) is 28.6 Å². The highest BCUT2D eigenvalue weighted by Gasteiger charge is 2.51. The second kappa shape index (κ2) is 17.7. The van der Waals surface area contributed by atoms with Crippen molar-refractivity contribution < 1.29 is 31.9 Å². The van der Waals surface area contributed by atoms with Crippen LogP contribution in [0.2, 0.25) is 5.04 Å². The van der Waals surface area contributed by atoms with Gasteiger partial charge in [0.25, 0.3) is 8.32 Å². The molecule has 1 aliphatic rings. The van der Waals surface area contributed by atoms with Crippen molar-refractivity contribution in [3.8, 4) is 11.8 Å². The number of carbonyl (C=O) groups excluding carboxylic acids is 1. The van der Waals surface area contributed by atoms with Crippen LogP contribution in [-0.4, -0.2) is 97.3 Å². The molecule has 1 aliphatic heterocycles. The lowest BCUT2D eigenvalue weighted by atomic mass is 10.2. The van der Waals surface area contributed by atoms with E-state index in [9.17, 15) is 18.0 Å². The largest absolute Gasteiger partial charge is 0.471 e. The Balaban J connectivity index is 1.54. The summed E-state index contributed by atoms with van der Waals surface area (Å²) < 4.78 is 61.0. The number of halogens is 3. The third-order valence-corrected chi connectivity index (χ3v) is 15.8. The van der Waals surface area contributed by atoms with Crippen LogP contribution in [0.5, 0.6) is 0 Å². The van der Waals surface area contributed by atoms with Crippen LogP contribution in [0.15, 0.2) is 78.2 Å². The number of nitrogens with one attached hydrogen (secondary N) is 1. The molecule has 54 heavy (non-hydrogen) atoms. The van der Waals surface area contributed by atoms with Crippen molar-refractivity contribution in [2.45, 2.75) is 69.2 Å². The maximum absolute atomic E-state index is 12.8. The van der Waals surface area contributed by atoms with Crippen molar-refractivity contribution >= 4 is 69.4 Å². The van der Waals surface area contributed by atoms with Crippen LogP contribution in [0.4, 0.5) is 19.0 Å². The summed E-state index contributed by atoms with van der Waals surface area (Å²) in [6.07, 6.45) is 0.747. The second-order valence-electron chi connectivity index (χ2n) is 13.9. The Bertz CT molecular complexity index is 1930. The number of alkyl halides is 3. The standard InChI is InChI=1S/C38H45F3N6O4S2Si/c1-26(53-52-7)50-30-21-32(51-31(30)23-49-54(37(2,3)4,28-16-10-8-11-17-28)29-18-12-9-13-19-29)47-22-27(15-14-20-42-36(48)38(39,40)41)33-34(45-25-46(5)6)43-24-44-35(33)47/h8-13,16-19,22,24-26,30-32H,20-21,23H2,1-7H3,(H,42,48)/t26-,30?,31+,32+/m0/s1. The molecule has 4 aromatic rings. The predicted molar refractivity (Wildman–Crippen MR) is 213 cm³/mol. The van der Waals surface area contributed by atoms with Gasteiger partial charge in [-0.25, -0.2) is 15.0 Å². The lowest BCUT2D eigenvalue weighted by Crippen LogP contribution is -2.67. The van der Waals surface area contributed by atoms with E-state index >= 15 is 0 Å². The first-order valence-corrected chi connectivity index (χ1v) is 21.8. The van der Waals surface area contributed by atoms with Crippen LogP contribution in [-0.2, 0) is 18.7 Å². The first-order chi connectivity index (χ1) is 25.7. The van der Waals surface area contributed by atoms with Crippen LogP contribution >= 0.6 is 21.6 Å². The van der Waals surface area contributed by atoms with Gasteiger partial charge in [0, 0.05) is 26.7 Å². The quantitative estimate of drug-likeness (QED) is 0.0418. The Morgan fingerprint density at radius 2 is 1.78 bits per heavy atom. The number of aliphatic imine (C=N–C) groups is 1. The lowest BCUT2D eigenvalue weighted by Gasteiger charge is -2.43. The summed E-state index contributed by atoms with van der Waals surface area (Å²) in [5, 5.41) is 4.32. The summed E-state index contributed by atoms with van der Waals surface area (Å²) in [6, 6.07) is 20.8. The Hall–Kier alpha value is -3.85. The Morgan fingerprint density at radius 1 is 1.13 bits per heavy atom. The summed E-state index contributed by atoms with van der Waals surface area (Å²) >= 11 is 0. The molecule has 0 radical (unpaired) electrons. The zero-order chi connectivity index (χ0) is 39.1. The number of hydrogen-bond donors (Lipinski definition) is 1. The second-order valence-corrected chi connectivity index (χ2v) is 21.0. The van der Waals surface area contributed by atoms with Gasteiger partial charge in [0.1, 0.15) is 29.7 Å². The highest BCUT2D eigenvalue weighted by Crippen LogP contribution is 2.41. The van der Waals surface area contributed by atoms with Crippen molar-refractivity contribution in [2.24, 2.45) is 4.99 Å². The number of ether oxygens (including phenoxy) is 2. The topological polar surface area (TPSA) is 103 Å². The summed E-state index contributed by atoms with van der Waals surface area (Å²) in [7, 11) is 3.94. The van der Waals surface area contributed by atoms with E-state index < -0.39 is 39.3 Å². The van der Waals surface area contributed by atoms with Crippen molar-refractivity contribution in [1.29, 1.82) is 0 Å². The molecule has 2 aromatic carbocycles. The van der Waals surface area contributed by atoms with E-state index in [1.165, 1.54) is 6.33 Å². The SMILES string of the molecule is CSS[C@@H](C)OC1C[C@H](n2cc(C#CCNC(=O)C(F)(F)F)c3c(N=CN(C)C)ncnc32)O[C@@H]1CO[Si](c1ccccc1)(c1ccccc1)C(C)(C)C. The number of carbonyl (C=O) groups is 1. The average molecular weight is 799 g/mol. The zero-order valence-electron chi connectivity index (χ0n) is 31.3. The van der Waals surface area contributed by atoms with Crippen LogP contribution in [0, 0.1) is 11.8 Å². The molecule has 1 saturated heterocycles. The molecule has 0 bridgehead atoms. The van der Waals surface area contributed by atoms with Crippen LogP contribution in [0.1, 0.15) is 45.9 Å². The van der Waals surface area contributed by atoms with Crippen LogP contribution < -0.4 is 15.7 Å². The molecule has 1 N–H and O–H groups in total. The Kier molecular flexibility index (Phi) is 13.6. The zero-order valence-corrected chi connectivity index (χ0v) is 33.9. The third kappa shape index (κ3) is 9.50. The van der Waals surface area contributed by atoms with Gasteiger partial charge in [-0.15, -0.1) is 0 Å². The van der Waals surface area contributed by atoms with E-state index in [2.05, 4.69) is 71.8 Å². The number of rotatable bonds is 13. The van der Waals surface area contributed by atoms with Gasteiger partial charge in [-0.3, -0.25) is 4.79 Å². The summed E-state index contributed by atoms with van der Waals surface area (Å²) in [5.74, 6) is 3.79. The number of amides is 1. The number of nitrogens with zero attached hydrogens (tertiary/aromatic N) is 5. The smallest absolute Gasteiger partial charge is 0.405 e. The molecule has 0 spiro atoms. The molecule has 3 heterocycles. The monoisotopic (exact) mass is 798 g/mol. The fourth-order valence-electron chi connectivity index (χ4n) is 6.55. The van der Waals surface area contributed by atoms with E-state index in [0.717, 1.165) is 10.4 Å². The van der Waals surface area contributed by atoms with E-state index in [1.807, 2.05) is 68.2 Å². The maximum Gasteiger partial charge on any atom is 0.471 e. The van der Waals surface area contributed by atoms with Gasteiger partial charge >= 0.3 is 12.1 Å². The van der Waals surface area contributed by atoms with E-state index in [1.54, 1.807) is 44.3 Å². The highest BCUT2D eigenvalue weighted by atomic mass is 33.1. The van der Waals surface area contributed by atoms with Crippen molar-refractivity contribution in [3.05, 3.63) is 78.8 Å². The highest BCUT2D eigenvalue weighted by molar-refractivity contribution is 8.76. The Labute approximate surface area is 323 Å². The van der Waals surface area contributed by atoms with Crippen molar-refractivity contribution in [1.82, 2.24) is 24.8 Å². The average Bonchev–Trinajstić information content (AvgIpc) is 3.70. The van der Waals surface area contributed by atoms with E-state index in [0.29, 0.717) is 28.8 Å². The molecule has 4 atom stereocenters. The van der Waals surface area contributed by atoms with E-state index in [4.69, 9.17) is 13.9 Å². The number of fused-ring (bicyclic) bond motifs is 1. The number of hydrogen-bond acceptors (Lipinski definition) is 9. The molecule has 10 nitrogen and oxygen atoms in total. The normalized spacial score (nSPS) is 18.4. The lowest BCUT2D eigenvalue weighted by molar-refractivity contribution is -0.173. The van der Waals surface area contributed by atoms with Gasteiger partial charge < -0.3 is 28.7 Å². The minimum atomic E-state index is -5.01. The minimum Gasteiger partial charge on any atom is -0.405 e. The molecular weight excluding hydrogens is 754 g/mol. The Morgan fingerprint density at radius 3 is 2.35 bits per heavy atom. The first kappa shape index (κ1) is 41.3. The first-order valence-electron chi connectivity index (χ1n) is 17.3. The van der Waals surface area contributed by atoms with Gasteiger partial charge in [0.2, 0.25) is 0 Å². The van der Waals surface area contributed by atoms with Crippen molar-refractivity contribution in [3.63, 3.8) is 0 Å². The number of benzene rings is 2. The minimum absolute atomic E-state index is 0.147. The molecule has 2 aromatic heterocycles. The van der Waals surface area contributed by atoms with Gasteiger partial charge in [-0.2, -0.15) is 13.2 Å². The summed E-state index contributed by atoms with van der Waals surface area (Å²) in [5.41, 5.74) is 0.743. The molecular formula is C38H45F3N6O4S2Si. The summed E-state index contributed by atoms with van der Waals surface area (Å²) in [6.45, 7) is 8.42. The third-order valence-electron chi connectivity index (χ3n) is 8.79. The van der Waals surface area contributed by atoms with E-state index in [-0.39, 0.29) is 23.2 Å². The fourth-order valence-corrected chi connectivity index (χ4v) is 12.5.